The molecule has 2 heterocycles. The van der Waals surface area contributed by atoms with Crippen LogP contribution < -0.4 is 20.7 Å². The van der Waals surface area contributed by atoms with E-state index >= 15 is 0 Å². The average Bonchev–Trinajstić information content (AvgIpc) is 2.90. The maximum atomic E-state index is 11.9. The first kappa shape index (κ1) is 24.7. The Balaban J connectivity index is 0.000000469. The van der Waals surface area contributed by atoms with Crippen molar-refractivity contribution >= 4 is 11.6 Å². The van der Waals surface area contributed by atoms with Crippen LogP contribution in [0.3, 0.4) is 0 Å². The smallest absolute Gasteiger partial charge is 0.252 e. The normalized spacial score (nSPS) is 14.7. The first-order valence-corrected chi connectivity index (χ1v) is 11.5. The Kier molecular flexibility index (Phi) is 9.44. The highest BCUT2D eigenvalue weighted by molar-refractivity contribution is 5.95. The van der Waals surface area contributed by atoms with Crippen molar-refractivity contribution in [3.63, 3.8) is 0 Å². The van der Waals surface area contributed by atoms with Gasteiger partial charge < -0.3 is 20.7 Å². The van der Waals surface area contributed by atoms with Gasteiger partial charge in [0.05, 0.1) is 29.4 Å². The average molecular weight is 458 g/mol. The number of pyridine rings is 1. The largest absolute Gasteiger partial charge is 0.470 e. The number of nitriles is 1. The van der Waals surface area contributed by atoms with Crippen LogP contribution in [0.2, 0.25) is 0 Å². The highest BCUT2D eigenvalue weighted by atomic mass is 16.5. The predicted molar refractivity (Wildman–Crippen MR) is 134 cm³/mol. The molecule has 3 aromatic rings. The number of hydrogen-bond donors (Lipinski definition) is 3. The molecule has 1 aromatic heterocycles. The minimum absolute atomic E-state index is 0.0384. The van der Waals surface area contributed by atoms with Crippen molar-refractivity contribution in [2.75, 3.05) is 31.5 Å². The number of anilines is 1. The van der Waals surface area contributed by atoms with Gasteiger partial charge in [0.2, 0.25) is 5.88 Å². The fourth-order valence-corrected chi connectivity index (χ4v) is 3.45. The van der Waals surface area contributed by atoms with Gasteiger partial charge in [-0.2, -0.15) is 5.26 Å². The minimum Gasteiger partial charge on any atom is -0.470 e. The third-order valence-corrected chi connectivity index (χ3v) is 5.35. The van der Waals surface area contributed by atoms with Gasteiger partial charge >= 0.3 is 0 Å². The van der Waals surface area contributed by atoms with Crippen LogP contribution >= 0.6 is 0 Å². The highest BCUT2D eigenvalue weighted by Gasteiger charge is 2.21. The van der Waals surface area contributed by atoms with Crippen LogP contribution in [0.25, 0.3) is 0 Å². The molecule has 3 N–H and O–H groups in total. The van der Waals surface area contributed by atoms with Gasteiger partial charge in [0.15, 0.2) is 0 Å². The van der Waals surface area contributed by atoms with Gasteiger partial charge in [-0.15, -0.1) is 0 Å². The zero-order valence-electron chi connectivity index (χ0n) is 19.6. The maximum Gasteiger partial charge on any atom is 0.252 e. The molecule has 7 nitrogen and oxygen atoms in total. The van der Waals surface area contributed by atoms with Crippen LogP contribution in [0.15, 0.2) is 72.9 Å². The van der Waals surface area contributed by atoms with Gasteiger partial charge in [-0.3, -0.25) is 4.79 Å². The second-order valence-electron chi connectivity index (χ2n) is 8.00. The van der Waals surface area contributed by atoms with Crippen LogP contribution in [0, 0.1) is 11.3 Å². The van der Waals surface area contributed by atoms with Gasteiger partial charge in [-0.05, 0) is 36.6 Å². The van der Waals surface area contributed by atoms with Crippen molar-refractivity contribution in [3.8, 4) is 11.9 Å². The lowest BCUT2D eigenvalue weighted by molar-refractivity contribution is 0.0955. The number of ether oxygens (including phenoxy) is 1. The molecule has 0 spiro atoms. The number of benzene rings is 2. The Labute approximate surface area is 201 Å². The lowest BCUT2D eigenvalue weighted by atomic mass is 10.00. The summed E-state index contributed by atoms with van der Waals surface area (Å²) >= 11 is 0. The van der Waals surface area contributed by atoms with Gasteiger partial charge in [0.25, 0.3) is 5.91 Å². The number of nitrogens with one attached hydrogen (secondary N) is 3. The summed E-state index contributed by atoms with van der Waals surface area (Å²) in [5, 5.41) is 18.4. The number of hydrogen-bond acceptors (Lipinski definition) is 6. The Morgan fingerprint density at radius 1 is 1.21 bits per heavy atom. The topological polar surface area (TPSA) is 99.1 Å². The van der Waals surface area contributed by atoms with Crippen molar-refractivity contribution in [3.05, 3.63) is 89.6 Å². The molecule has 2 atom stereocenters. The molecule has 0 bridgehead atoms. The lowest BCUT2D eigenvalue weighted by Crippen LogP contribution is -2.40. The number of rotatable bonds is 7. The predicted octanol–water partition coefficient (Wildman–Crippen LogP) is 3.96. The Morgan fingerprint density at radius 2 is 1.88 bits per heavy atom. The number of aromatic nitrogens is 1. The van der Waals surface area contributed by atoms with Crippen molar-refractivity contribution in [1.29, 1.82) is 5.26 Å². The van der Waals surface area contributed by atoms with Crippen LogP contribution in [0.1, 0.15) is 41.3 Å². The second-order valence-corrected chi connectivity index (χ2v) is 8.00. The van der Waals surface area contributed by atoms with E-state index in [-0.39, 0.29) is 12.0 Å². The van der Waals surface area contributed by atoms with Crippen molar-refractivity contribution in [1.82, 2.24) is 15.6 Å². The summed E-state index contributed by atoms with van der Waals surface area (Å²) in [4.78, 5) is 16.2. The molecule has 2 aromatic carbocycles. The molecule has 4 rings (SSSR count). The molecular weight excluding hydrogens is 426 g/mol. The number of amides is 1. The van der Waals surface area contributed by atoms with E-state index in [1.165, 1.54) is 11.8 Å². The quantitative estimate of drug-likeness (QED) is 0.497. The van der Waals surface area contributed by atoms with Crippen LogP contribution in [0.4, 0.5) is 5.69 Å². The van der Waals surface area contributed by atoms with Crippen LogP contribution in [0.5, 0.6) is 5.88 Å². The van der Waals surface area contributed by atoms with Crippen LogP contribution in [-0.2, 0) is 0 Å². The molecule has 0 radical (unpaired) electrons. The van der Waals surface area contributed by atoms with E-state index in [0.717, 1.165) is 12.2 Å². The van der Waals surface area contributed by atoms with Crippen LogP contribution in [-0.4, -0.2) is 43.2 Å². The van der Waals surface area contributed by atoms with Crippen molar-refractivity contribution in [2.24, 2.45) is 0 Å². The Morgan fingerprint density at radius 3 is 2.50 bits per heavy atom. The van der Waals surface area contributed by atoms with Crippen molar-refractivity contribution in [2.45, 2.75) is 25.9 Å². The maximum absolute atomic E-state index is 11.9. The summed E-state index contributed by atoms with van der Waals surface area (Å²) in [5.41, 5.74) is 3.13. The van der Waals surface area contributed by atoms with E-state index in [4.69, 9.17) is 10.00 Å². The summed E-state index contributed by atoms with van der Waals surface area (Å²) in [6.07, 6.45) is 1.50. The molecule has 2 unspecified atom stereocenters. The summed E-state index contributed by atoms with van der Waals surface area (Å²) in [7, 11) is 0. The summed E-state index contributed by atoms with van der Waals surface area (Å²) in [6, 6.07) is 23.6. The Bertz CT molecular complexity index is 1050. The number of fused-ring (bicyclic) bond motifs is 1. The molecule has 0 saturated carbocycles. The van der Waals surface area contributed by atoms with Gasteiger partial charge in [0, 0.05) is 25.8 Å². The molecule has 34 heavy (non-hydrogen) atoms. The highest BCUT2D eigenvalue weighted by Crippen LogP contribution is 2.27. The molecule has 1 amide bonds. The molecule has 1 aliphatic heterocycles. The molecule has 0 saturated heterocycles. The third-order valence-electron chi connectivity index (χ3n) is 5.35. The Hall–Kier alpha value is -3.89. The van der Waals surface area contributed by atoms with Gasteiger partial charge in [0.1, 0.15) is 6.10 Å². The molecule has 176 valence electrons. The summed E-state index contributed by atoms with van der Waals surface area (Å²) in [5.74, 6) is 0.709. The monoisotopic (exact) mass is 457 g/mol. The van der Waals surface area contributed by atoms with E-state index < -0.39 is 0 Å². The molecule has 0 fully saturated rings. The van der Waals surface area contributed by atoms with Gasteiger partial charge in [-0.1, -0.05) is 55.5 Å². The minimum atomic E-state index is -0.139. The molecule has 0 aliphatic carbocycles. The summed E-state index contributed by atoms with van der Waals surface area (Å²) < 4.78 is 5.94. The first-order valence-electron chi connectivity index (χ1n) is 11.5. The fraction of sp³-hybridized carbons (Fsp3) is 0.296. The third kappa shape index (κ3) is 7.32. The summed E-state index contributed by atoms with van der Waals surface area (Å²) in [6.45, 7) is 6.74. The van der Waals surface area contributed by atoms with Gasteiger partial charge in [-0.25, -0.2) is 4.98 Å². The van der Waals surface area contributed by atoms with E-state index in [1.807, 2.05) is 67.6 Å². The second kappa shape index (κ2) is 13.0. The zero-order chi connectivity index (χ0) is 24.2. The standard InChI is InChI=1S/C21H25N5O2.C6H6/c1-3-24-20(27)17-8-19-21(26-11-17)28-18(13-25-19)12-23-10-14(2)16-6-4-15(9-22)5-7-16;1-2-4-6-5-3-1/h4-8,11,14,18,23,25H,3,10,12-13H2,1-2H3,(H,24,27);1-6H. The number of carbonyl (C=O) groups excluding carboxylic acids is 1. The number of carbonyl (C=O) groups is 1. The molecule has 7 heteroatoms. The van der Waals surface area contributed by atoms with Crippen molar-refractivity contribution < 1.29 is 9.53 Å². The van der Waals surface area contributed by atoms with E-state index in [9.17, 15) is 4.79 Å². The SMILES string of the molecule is CCNC(=O)c1cnc2c(c1)NCC(CNCC(C)c1ccc(C#N)cc1)O2.c1ccccc1. The lowest BCUT2D eigenvalue weighted by Gasteiger charge is -2.27. The fourth-order valence-electron chi connectivity index (χ4n) is 3.45. The molecule has 1 aliphatic rings. The van der Waals surface area contributed by atoms with E-state index in [0.29, 0.717) is 42.6 Å². The molecular formula is C27H31N5O2. The first-order chi connectivity index (χ1) is 16.6. The van der Waals surface area contributed by atoms with E-state index in [2.05, 4.69) is 33.9 Å². The zero-order valence-corrected chi connectivity index (χ0v) is 19.6. The van der Waals surface area contributed by atoms with E-state index in [1.54, 1.807) is 6.07 Å². The number of nitrogens with zero attached hydrogens (tertiary/aromatic N) is 2.